The number of rotatable bonds is 4. The van der Waals surface area contributed by atoms with E-state index in [9.17, 15) is 9.59 Å². The van der Waals surface area contributed by atoms with Crippen LogP contribution in [0.25, 0.3) is 5.57 Å². The first-order valence-corrected chi connectivity index (χ1v) is 10.0. The van der Waals surface area contributed by atoms with Crippen LogP contribution in [0.15, 0.2) is 72.4 Å². The standard InChI is InChI=1S/C25H21ClN2O2/c1-15-4-10-20(11-5-15)27-23-22(18-6-8-19(26)9-7-18)24(29)28(25(23)30)21-13-16(2)12-17(3)14-21/h4-14,27H,1-3H3. The number of carbonyl (C=O) groups excluding carboxylic acids is 2. The molecule has 0 bridgehead atoms. The van der Waals surface area contributed by atoms with E-state index in [2.05, 4.69) is 5.32 Å². The number of nitrogens with zero attached hydrogens (tertiary/aromatic N) is 1. The van der Waals surface area contributed by atoms with Crippen LogP contribution in [0, 0.1) is 20.8 Å². The normalized spacial score (nSPS) is 13.9. The largest absolute Gasteiger partial charge is 0.350 e. The van der Waals surface area contributed by atoms with Crippen LogP contribution in [0.5, 0.6) is 0 Å². The number of imide groups is 1. The Balaban J connectivity index is 1.83. The molecule has 4 rings (SSSR count). The number of aryl methyl sites for hydroxylation is 3. The van der Waals surface area contributed by atoms with Gasteiger partial charge in [-0.1, -0.05) is 47.5 Å². The van der Waals surface area contributed by atoms with Gasteiger partial charge in [0.2, 0.25) is 0 Å². The number of anilines is 2. The first-order valence-electron chi connectivity index (χ1n) is 9.64. The van der Waals surface area contributed by atoms with Crippen molar-refractivity contribution in [2.75, 3.05) is 10.2 Å². The third kappa shape index (κ3) is 3.74. The SMILES string of the molecule is Cc1ccc(NC2=C(c3ccc(Cl)cc3)C(=O)N(c3cc(C)cc(C)c3)C2=O)cc1. The molecule has 1 aliphatic rings. The Morgan fingerprint density at radius 3 is 1.93 bits per heavy atom. The van der Waals surface area contributed by atoms with E-state index >= 15 is 0 Å². The number of benzene rings is 3. The highest BCUT2D eigenvalue weighted by Crippen LogP contribution is 2.34. The number of hydrogen-bond donors (Lipinski definition) is 1. The lowest BCUT2D eigenvalue weighted by Gasteiger charge is -2.17. The molecule has 1 N–H and O–H groups in total. The fraction of sp³-hybridized carbons (Fsp3) is 0.120. The van der Waals surface area contributed by atoms with Crippen LogP contribution in [0.1, 0.15) is 22.3 Å². The smallest absolute Gasteiger partial charge is 0.282 e. The fourth-order valence-corrected chi connectivity index (χ4v) is 3.75. The summed E-state index contributed by atoms with van der Waals surface area (Å²) in [5, 5.41) is 3.74. The van der Waals surface area contributed by atoms with Crippen molar-refractivity contribution >= 4 is 40.4 Å². The first-order chi connectivity index (χ1) is 14.3. The molecule has 0 radical (unpaired) electrons. The second-order valence-corrected chi connectivity index (χ2v) is 7.98. The molecule has 4 nitrogen and oxygen atoms in total. The predicted molar refractivity (Wildman–Crippen MR) is 122 cm³/mol. The molecule has 30 heavy (non-hydrogen) atoms. The van der Waals surface area contributed by atoms with Crippen LogP contribution in [0.4, 0.5) is 11.4 Å². The van der Waals surface area contributed by atoms with Gasteiger partial charge in [-0.05, 0) is 73.9 Å². The van der Waals surface area contributed by atoms with Gasteiger partial charge >= 0.3 is 0 Å². The van der Waals surface area contributed by atoms with Crippen molar-refractivity contribution in [3.05, 3.63) is 99.7 Å². The van der Waals surface area contributed by atoms with E-state index in [0.717, 1.165) is 22.4 Å². The molecule has 0 unspecified atom stereocenters. The monoisotopic (exact) mass is 416 g/mol. The molecule has 1 aliphatic heterocycles. The van der Waals surface area contributed by atoms with Crippen molar-refractivity contribution in [3.8, 4) is 0 Å². The average molecular weight is 417 g/mol. The van der Waals surface area contributed by atoms with E-state index in [1.54, 1.807) is 24.3 Å². The predicted octanol–water partition coefficient (Wildman–Crippen LogP) is 5.66. The molecule has 1 heterocycles. The maximum Gasteiger partial charge on any atom is 0.282 e. The molecule has 0 fully saturated rings. The summed E-state index contributed by atoms with van der Waals surface area (Å²) in [6.07, 6.45) is 0. The van der Waals surface area contributed by atoms with Gasteiger partial charge in [-0.15, -0.1) is 0 Å². The summed E-state index contributed by atoms with van der Waals surface area (Å²) in [7, 11) is 0. The lowest BCUT2D eigenvalue weighted by Crippen LogP contribution is -2.32. The molecule has 5 heteroatoms. The van der Waals surface area contributed by atoms with Gasteiger partial charge in [-0.3, -0.25) is 9.59 Å². The summed E-state index contributed by atoms with van der Waals surface area (Å²) >= 11 is 6.03. The van der Waals surface area contributed by atoms with Gasteiger partial charge in [-0.25, -0.2) is 4.90 Å². The van der Waals surface area contributed by atoms with Gasteiger partial charge in [0.05, 0.1) is 11.3 Å². The van der Waals surface area contributed by atoms with Crippen LogP contribution < -0.4 is 10.2 Å². The lowest BCUT2D eigenvalue weighted by atomic mass is 10.0. The highest BCUT2D eigenvalue weighted by atomic mass is 35.5. The van der Waals surface area contributed by atoms with Crippen LogP contribution in [-0.2, 0) is 9.59 Å². The minimum atomic E-state index is -0.379. The zero-order valence-electron chi connectivity index (χ0n) is 17.0. The van der Waals surface area contributed by atoms with Crippen molar-refractivity contribution in [2.24, 2.45) is 0 Å². The Bertz CT molecular complexity index is 1160. The average Bonchev–Trinajstić information content (AvgIpc) is 2.93. The van der Waals surface area contributed by atoms with Gasteiger partial charge in [-0.2, -0.15) is 0 Å². The number of carbonyl (C=O) groups is 2. The van der Waals surface area contributed by atoms with Gasteiger partial charge in [0.1, 0.15) is 5.70 Å². The number of hydrogen-bond acceptors (Lipinski definition) is 3. The molecule has 0 saturated carbocycles. The summed E-state index contributed by atoms with van der Waals surface area (Å²) in [6, 6.07) is 20.3. The highest BCUT2D eigenvalue weighted by Gasteiger charge is 2.40. The van der Waals surface area contributed by atoms with Crippen LogP contribution in [0.3, 0.4) is 0 Å². The highest BCUT2D eigenvalue weighted by molar-refractivity contribution is 6.46. The summed E-state index contributed by atoms with van der Waals surface area (Å²) in [5.41, 5.74) is 5.61. The first kappa shape index (κ1) is 19.9. The molecule has 0 aromatic heterocycles. The van der Waals surface area contributed by atoms with Crippen molar-refractivity contribution in [3.63, 3.8) is 0 Å². The third-order valence-electron chi connectivity index (χ3n) is 5.00. The quantitative estimate of drug-likeness (QED) is 0.558. The Hall–Kier alpha value is -3.37. The Morgan fingerprint density at radius 2 is 1.33 bits per heavy atom. The Labute approximate surface area is 180 Å². The van der Waals surface area contributed by atoms with Gasteiger partial charge in [0, 0.05) is 10.7 Å². The third-order valence-corrected chi connectivity index (χ3v) is 5.25. The van der Waals surface area contributed by atoms with E-state index in [-0.39, 0.29) is 17.5 Å². The second-order valence-electron chi connectivity index (χ2n) is 7.54. The minimum absolute atomic E-state index is 0.255. The van der Waals surface area contributed by atoms with Crippen molar-refractivity contribution in [2.45, 2.75) is 20.8 Å². The van der Waals surface area contributed by atoms with Gasteiger partial charge < -0.3 is 5.32 Å². The van der Waals surface area contributed by atoms with Gasteiger partial charge in [0.15, 0.2) is 0 Å². The maximum atomic E-state index is 13.5. The van der Waals surface area contributed by atoms with E-state index in [4.69, 9.17) is 11.6 Å². The molecule has 3 aromatic rings. The number of amides is 2. The van der Waals surface area contributed by atoms with E-state index in [1.165, 1.54) is 4.90 Å². The maximum absolute atomic E-state index is 13.5. The van der Waals surface area contributed by atoms with E-state index < -0.39 is 0 Å². The lowest BCUT2D eigenvalue weighted by molar-refractivity contribution is -0.120. The van der Waals surface area contributed by atoms with Crippen LogP contribution in [0.2, 0.25) is 5.02 Å². The summed E-state index contributed by atoms with van der Waals surface area (Å²) < 4.78 is 0. The number of nitrogens with one attached hydrogen (secondary N) is 1. The topological polar surface area (TPSA) is 49.4 Å². The van der Waals surface area contributed by atoms with Crippen LogP contribution >= 0.6 is 11.6 Å². The van der Waals surface area contributed by atoms with Crippen molar-refractivity contribution in [1.82, 2.24) is 0 Å². The second kappa shape index (κ2) is 7.81. The van der Waals surface area contributed by atoms with Gasteiger partial charge in [0.25, 0.3) is 11.8 Å². The molecular weight excluding hydrogens is 396 g/mol. The summed E-state index contributed by atoms with van der Waals surface area (Å²) in [5.74, 6) is -0.738. The summed E-state index contributed by atoms with van der Waals surface area (Å²) in [6.45, 7) is 5.88. The molecule has 0 aliphatic carbocycles. The molecular formula is C25H21ClN2O2. The summed E-state index contributed by atoms with van der Waals surface area (Å²) in [4.78, 5) is 28.1. The molecule has 0 spiro atoms. The molecule has 3 aromatic carbocycles. The zero-order chi connectivity index (χ0) is 21.4. The zero-order valence-corrected chi connectivity index (χ0v) is 17.7. The number of halogens is 1. The van der Waals surface area contributed by atoms with Crippen molar-refractivity contribution in [1.29, 1.82) is 0 Å². The molecule has 0 atom stereocenters. The minimum Gasteiger partial charge on any atom is -0.350 e. The van der Waals surface area contributed by atoms with E-state index in [0.29, 0.717) is 21.8 Å². The Morgan fingerprint density at radius 1 is 0.733 bits per heavy atom. The molecule has 0 saturated heterocycles. The van der Waals surface area contributed by atoms with Crippen LogP contribution in [-0.4, -0.2) is 11.8 Å². The fourth-order valence-electron chi connectivity index (χ4n) is 3.63. The van der Waals surface area contributed by atoms with Crippen molar-refractivity contribution < 1.29 is 9.59 Å². The van der Waals surface area contributed by atoms with E-state index in [1.807, 2.05) is 63.2 Å². The Kier molecular flexibility index (Phi) is 5.18. The molecule has 2 amide bonds. The molecule has 150 valence electrons.